The molecule has 1 aromatic heterocycles. The maximum atomic E-state index is 11.7. The van der Waals surface area contributed by atoms with E-state index in [4.69, 9.17) is 4.74 Å². The van der Waals surface area contributed by atoms with Crippen LogP contribution in [0.25, 0.3) is 0 Å². The topological polar surface area (TPSA) is 34.5 Å². The molecule has 16 heavy (non-hydrogen) atoms. The Labute approximate surface area is 103 Å². The second-order valence-electron chi connectivity index (χ2n) is 4.05. The minimum Gasteiger partial charge on any atom is -0.377 e. The van der Waals surface area contributed by atoms with Crippen LogP contribution in [0.4, 0.5) is 5.82 Å². The summed E-state index contributed by atoms with van der Waals surface area (Å²) in [5.41, 5.74) is 0.00284. The standard InChI is InChI=1S/C11H15BrN2O2/c1-8-7-16-4-3-14(8)10-5-9(12)6-11(15)13(10)2/h5-6,8H,3-4,7H2,1-2H3/t8-/m0/s1. The van der Waals surface area contributed by atoms with Gasteiger partial charge < -0.3 is 9.64 Å². The van der Waals surface area contributed by atoms with Crippen LogP contribution in [0.2, 0.25) is 0 Å². The third-order valence-electron chi connectivity index (χ3n) is 2.86. The van der Waals surface area contributed by atoms with Crippen LogP contribution in [0.1, 0.15) is 6.92 Å². The van der Waals surface area contributed by atoms with Gasteiger partial charge in [-0.2, -0.15) is 0 Å². The van der Waals surface area contributed by atoms with Crippen LogP contribution in [0.15, 0.2) is 21.4 Å². The van der Waals surface area contributed by atoms with Gasteiger partial charge in [-0.25, -0.2) is 0 Å². The van der Waals surface area contributed by atoms with E-state index in [2.05, 4.69) is 27.8 Å². The minimum absolute atomic E-state index is 0.00284. The number of aromatic nitrogens is 1. The molecule has 88 valence electrons. The molecule has 1 saturated heterocycles. The molecule has 0 amide bonds. The molecule has 1 aliphatic heterocycles. The zero-order chi connectivity index (χ0) is 11.7. The van der Waals surface area contributed by atoms with Crippen molar-refractivity contribution in [3.63, 3.8) is 0 Å². The van der Waals surface area contributed by atoms with E-state index in [-0.39, 0.29) is 5.56 Å². The molecule has 0 radical (unpaired) electrons. The summed E-state index contributed by atoms with van der Waals surface area (Å²) in [5, 5.41) is 0. The smallest absolute Gasteiger partial charge is 0.252 e. The molecule has 1 atom stereocenters. The molecule has 5 heteroatoms. The fourth-order valence-electron chi connectivity index (χ4n) is 1.93. The number of nitrogens with zero attached hydrogens (tertiary/aromatic N) is 2. The molecule has 0 N–H and O–H groups in total. The second kappa shape index (κ2) is 4.59. The summed E-state index contributed by atoms with van der Waals surface area (Å²) in [4.78, 5) is 13.9. The zero-order valence-corrected chi connectivity index (χ0v) is 11.0. The van der Waals surface area contributed by atoms with Crippen molar-refractivity contribution >= 4 is 21.7 Å². The third kappa shape index (κ3) is 2.15. The summed E-state index contributed by atoms with van der Waals surface area (Å²) >= 11 is 3.36. The van der Waals surface area contributed by atoms with Crippen molar-refractivity contribution in [3.8, 4) is 0 Å². The van der Waals surface area contributed by atoms with E-state index in [1.807, 2.05) is 6.07 Å². The van der Waals surface area contributed by atoms with Crippen molar-refractivity contribution in [2.75, 3.05) is 24.7 Å². The van der Waals surface area contributed by atoms with E-state index in [0.717, 1.165) is 16.8 Å². The van der Waals surface area contributed by atoms with Gasteiger partial charge in [0.05, 0.1) is 19.3 Å². The SMILES string of the molecule is C[C@H]1COCCN1c1cc(Br)cc(=O)n1C. The van der Waals surface area contributed by atoms with Crippen LogP contribution < -0.4 is 10.5 Å². The van der Waals surface area contributed by atoms with Gasteiger partial charge in [0.25, 0.3) is 5.56 Å². The molecule has 1 aromatic rings. The van der Waals surface area contributed by atoms with Crippen molar-refractivity contribution in [2.24, 2.45) is 7.05 Å². The molecule has 0 aliphatic carbocycles. The van der Waals surface area contributed by atoms with Crippen LogP contribution in [-0.2, 0) is 11.8 Å². The van der Waals surface area contributed by atoms with Crippen LogP contribution in [0.3, 0.4) is 0 Å². The number of hydrogen-bond acceptors (Lipinski definition) is 3. The molecule has 1 aliphatic rings. The van der Waals surface area contributed by atoms with E-state index in [1.165, 1.54) is 0 Å². The molecule has 0 bridgehead atoms. The van der Waals surface area contributed by atoms with Gasteiger partial charge in [-0.3, -0.25) is 9.36 Å². The van der Waals surface area contributed by atoms with Gasteiger partial charge in [0.1, 0.15) is 5.82 Å². The van der Waals surface area contributed by atoms with E-state index in [9.17, 15) is 4.79 Å². The summed E-state index contributed by atoms with van der Waals surface area (Å²) in [7, 11) is 1.80. The predicted molar refractivity (Wildman–Crippen MR) is 67.0 cm³/mol. The molecule has 2 heterocycles. The molecule has 0 unspecified atom stereocenters. The number of hydrogen-bond donors (Lipinski definition) is 0. The fourth-order valence-corrected chi connectivity index (χ4v) is 2.33. The average Bonchev–Trinajstić information content (AvgIpc) is 2.24. The number of pyridine rings is 1. The van der Waals surface area contributed by atoms with E-state index in [0.29, 0.717) is 19.3 Å². The normalized spacial score (nSPS) is 21.2. The Morgan fingerprint density at radius 3 is 2.94 bits per heavy atom. The van der Waals surface area contributed by atoms with Crippen molar-refractivity contribution in [3.05, 3.63) is 27.0 Å². The first kappa shape index (κ1) is 11.7. The largest absolute Gasteiger partial charge is 0.377 e. The summed E-state index contributed by atoms with van der Waals surface area (Å²) in [6.45, 7) is 4.35. The van der Waals surface area contributed by atoms with Crippen LogP contribution in [0.5, 0.6) is 0 Å². The van der Waals surface area contributed by atoms with Gasteiger partial charge in [-0.15, -0.1) is 0 Å². The van der Waals surface area contributed by atoms with Gasteiger partial charge >= 0.3 is 0 Å². The van der Waals surface area contributed by atoms with Crippen molar-refractivity contribution < 1.29 is 4.74 Å². The average molecular weight is 287 g/mol. The maximum Gasteiger partial charge on any atom is 0.252 e. The first-order valence-electron chi connectivity index (χ1n) is 5.30. The zero-order valence-electron chi connectivity index (χ0n) is 9.44. The van der Waals surface area contributed by atoms with Crippen LogP contribution in [-0.4, -0.2) is 30.4 Å². The highest BCUT2D eigenvalue weighted by Crippen LogP contribution is 2.21. The summed E-state index contributed by atoms with van der Waals surface area (Å²) < 4.78 is 7.89. The van der Waals surface area contributed by atoms with Crippen LogP contribution >= 0.6 is 15.9 Å². The molecular formula is C11H15BrN2O2. The van der Waals surface area contributed by atoms with Gasteiger partial charge in [0.2, 0.25) is 0 Å². The van der Waals surface area contributed by atoms with Crippen LogP contribution in [0, 0.1) is 0 Å². The van der Waals surface area contributed by atoms with Crippen molar-refractivity contribution in [1.29, 1.82) is 0 Å². The van der Waals surface area contributed by atoms with Crippen molar-refractivity contribution in [2.45, 2.75) is 13.0 Å². The first-order valence-corrected chi connectivity index (χ1v) is 6.10. The summed E-state index contributed by atoms with van der Waals surface area (Å²) in [5.74, 6) is 0.940. The Morgan fingerprint density at radius 2 is 2.25 bits per heavy atom. The van der Waals surface area contributed by atoms with E-state index in [1.54, 1.807) is 17.7 Å². The van der Waals surface area contributed by atoms with E-state index < -0.39 is 0 Å². The summed E-state index contributed by atoms with van der Waals surface area (Å²) in [6, 6.07) is 3.85. The van der Waals surface area contributed by atoms with Gasteiger partial charge in [0, 0.05) is 24.1 Å². The summed E-state index contributed by atoms with van der Waals surface area (Å²) in [6.07, 6.45) is 0. The highest BCUT2D eigenvalue weighted by Gasteiger charge is 2.21. The molecule has 2 rings (SSSR count). The monoisotopic (exact) mass is 286 g/mol. The molecule has 1 fully saturated rings. The molecule has 4 nitrogen and oxygen atoms in total. The van der Waals surface area contributed by atoms with E-state index >= 15 is 0 Å². The third-order valence-corrected chi connectivity index (χ3v) is 3.32. The minimum atomic E-state index is 0.00284. The molecule has 0 saturated carbocycles. The highest BCUT2D eigenvalue weighted by molar-refractivity contribution is 9.10. The van der Waals surface area contributed by atoms with Crippen molar-refractivity contribution in [1.82, 2.24) is 4.57 Å². The maximum absolute atomic E-state index is 11.7. The lowest BCUT2D eigenvalue weighted by Gasteiger charge is -2.36. The van der Waals surface area contributed by atoms with Gasteiger partial charge in [0.15, 0.2) is 0 Å². The fraction of sp³-hybridized carbons (Fsp3) is 0.545. The first-order chi connectivity index (χ1) is 7.59. The van der Waals surface area contributed by atoms with Gasteiger partial charge in [-0.05, 0) is 13.0 Å². The Balaban J connectivity index is 2.42. The lowest BCUT2D eigenvalue weighted by molar-refractivity contribution is 0.0981. The Kier molecular flexibility index (Phi) is 3.35. The number of halogens is 1. The molecule has 0 aromatic carbocycles. The highest BCUT2D eigenvalue weighted by atomic mass is 79.9. The second-order valence-corrected chi connectivity index (χ2v) is 4.96. The molecular weight excluding hydrogens is 272 g/mol. The van der Waals surface area contributed by atoms with Gasteiger partial charge in [-0.1, -0.05) is 15.9 Å². The Bertz CT molecular complexity index is 444. The quantitative estimate of drug-likeness (QED) is 0.782. The number of morpholine rings is 1. The lowest BCUT2D eigenvalue weighted by atomic mass is 10.2. The number of rotatable bonds is 1. The predicted octanol–water partition coefficient (Wildman–Crippen LogP) is 1.37. The molecule has 0 spiro atoms. The Morgan fingerprint density at radius 1 is 1.50 bits per heavy atom. The lowest BCUT2D eigenvalue weighted by Crippen LogP contribution is -2.45. The number of ether oxygens (including phenoxy) is 1. The Hall–Kier alpha value is -0.810. The number of anilines is 1.